The molecule has 0 aromatic rings. The molecule has 0 bridgehead atoms. The summed E-state index contributed by atoms with van der Waals surface area (Å²) in [7, 11) is -2.95. The summed E-state index contributed by atoms with van der Waals surface area (Å²) in [6.45, 7) is 4.50. The van der Waals surface area contributed by atoms with E-state index >= 15 is 0 Å². The second kappa shape index (κ2) is 5.14. The fraction of sp³-hybridized carbons (Fsp3) is 0.900. The zero-order chi connectivity index (χ0) is 12.3. The van der Waals surface area contributed by atoms with Gasteiger partial charge in [0.05, 0.1) is 11.5 Å². The van der Waals surface area contributed by atoms with Gasteiger partial charge in [-0.25, -0.2) is 8.42 Å². The Bertz CT molecular complexity index is 353. The number of amides is 1. The monoisotopic (exact) mass is 248 g/mol. The molecule has 1 amide bonds. The predicted octanol–water partition coefficient (Wildman–Crippen LogP) is -0.383. The third kappa shape index (κ3) is 3.45. The van der Waals surface area contributed by atoms with Gasteiger partial charge in [0.2, 0.25) is 5.91 Å². The van der Waals surface area contributed by atoms with Crippen LogP contribution >= 0.6 is 0 Å². The van der Waals surface area contributed by atoms with E-state index in [2.05, 4.69) is 0 Å². The Kier molecular flexibility index (Phi) is 4.32. The van der Waals surface area contributed by atoms with E-state index in [1.807, 2.05) is 6.92 Å². The first kappa shape index (κ1) is 13.4. The van der Waals surface area contributed by atoms with Crippen molar-refractivity contribution in [2.24, 2.45) is 11.7 Å². The van der Waals surface area contributed by atoms with Crippen molar-refractivity contribution in [1.82, 2.24) is 4.90 Å². The van der Waals surface area contributed by atoms with Gasteiger partial charge in [0, 0.05) is 19.0 Å². The number of carbonyl (C=O) groups excluding carboxylic acids is 1. The van der Waals surface area contributed by atoms with Gasteiger partial charge >= 0.3 is 0 Å². The molecule has 1 aliphatic heterocycles. The maximum Gasteiger partial charge on any atom is 0.223 e. The Morgan fingerprint density at radius 3 is 2.69 bits per heavy atom. The van der Waals surface area contributed by atoms with E-state index < -0.39 is 9.84 Å². The molecule has 0 radical (unpaired) electrons. The van der Waals surface area contributed by atoms with E-state index in [1.54, 1.807) is 11.8 Å². The first-order chi connectivity index (χ1) is 7.35. The normalized spacial score (nSPS) is 26.4. The average Bonchev–Trinajstić information content (AvgIpc) is 2.15. The maximum atomic E-state index is 11.9. The standard InChI is InChI=1S/C10H20N2O3S/c1-8(6-11)5-10(13)12-3-4-16(14,15)7-9(12)2/h8-9H,3-7,11H2,1-2H3. The largest absolute Gasteiger partial charge is 0.338 e. The number of hydrogen-bond donors (Lipinski definition) is 1. The topological polar surface area (TPSA) is 80.5 Å². The Balaban J connectivity index is 2.59. The number of sulfone groups is 1. The Morgan fingerprint density at radius 2 is 2.19 bits per heavy atom. The number of rotatable bonds is 3. The van der Waals surface area contributed by atoms with Crippen molar-refractivity contribution in [2.75, 3.05) is 24.6 Å². The summed E-state index contributed by atoms with van der Waals surface area (Å²) >= 11 is 0. The lowest BCUT2D eigenvalue weighted by Gasteiger charge is -2.33. The highest BCUT2D eigenvalue weighted by Crippen LogP contribution is 2.14. The van der Waals surface area contributed by atoms with Crippen LogP contribution < -0.4 is 5.73 Å². The summed E-state index contributed by atoms with van der Waals surface area (Å²) in [6.07, 6.45) is 0.404. The minimum absolute atomic E-state index is 0.0142. The number of nitrogens with zero attached hydrogens (tertiary/aromatic N) is 1. The van der Waals surface area contributed by atoms with Gasteiger partial charge < -0.3 is 10.6 Å². The van der Waals surface area contributed by atoms with Gasteiger partial charge in [0.15, 0.2) is 9.84 Å². The van der Waals surface area contributed by atoms with Crippen LogP contribution in [0.2, 0.25) is 0 Å². The van der Waals surface area contributed by atoms with Crippen molar-refractivity contribution >= 4 is 15.7 Å². The number of hydrogen-bond acceptors (Lipinski definition) is 4. The van der Waals surface area contributed by atoms with Crippen LogP contribution in [0.1, 0.15) is 20.3 Å². The lowest BCUT2D eigenvalue weighted by molar-refractivity contribution is -0.133. The highest BCUT2D eigenvalue weighted by atomic mass is 32.2. The van der Waals surface area contributed by atoms with Crippen LogP contribution in [-0.4, -0.2) is 49.9 Å². The van der Waals surface area contributed by atoms with Crippen LogP contribution in [0.15, 0.2) is 0 Å². The van der Waals surface area contributed by atoms with Gasteiger partial charge in [0.1, 0.15) is 0 Å². The van der Waals surface area contributed by atoms with E-state index in [4.69, 9.17) is 5.73 Å². The Hall–Kier alpha value is -0.620. The first-order valence-electron chi connectivity index (χ1n) is 5.55. The summed E-state index contributed by atoms with van der Waals surface area (Å²) in [5, 5.41) is 0. The van der Waals surface area contributed by atoms with Gasteiger partial charge in [-0.15, -0.1) is 0 Å². The predicted molar refractivity (Wildman–Crippen MR) is 62.7 cm³/mol. The summed E-state index contributed by atoms with van der Waals surface area (Å²) < 4.78 is 22.7. The smallest absolute Gasteiger partial charge is 0.223 e. The van der Waals surface area contributed by atoms with Crippen molar-refractivity contribution in [3.05, 3.63) is 0 Å². The molecule has 6 heteroatoms. The molecule has 0 aromatic carbocycles. The number of nitrogens with two attached hydrogens (primary N) is 1. The molecule has 1 fully saturated rings. The molecule has 94 valence electrons. The summed E-state index contributed by atoms with van der Waals surface area (Å²) in [6, 6.07) is -0.212. The van der Waals surface area contributed by atoms with Gasteiger partial charge in [-0.3, -0.25) is 4.79 Å². The molecule has 1 aliphatic rings. The van der Waals surface area contributed by atoms with Crippen LogP contribution in [0.3, 0.4) is 0 Å². The molecular weight excluding hydrogens is 228 g/mol. The van der Waals surface area contributed by atoms with Crippen LogP contribution in [0.4, 0.5) is 0 Å². The first-order valence-corrected chi connectivity index (χ1v) is 7.38. The molecule has 0 saturated carbocycles. The average molecular weight is 248 g/mol. The molecular formula is C10H20N2O3S. The van der Waals surface area contributed by atoms with Crippen LogP contribution in [0, 0.1) is 5.92 Å². The minimum atomic E-state index is -2.95. The van der Waals surface area contributed by atoms with Crippen molar-refractivity contribution < 1.29 is 13.2 Å². The molecule has 0 aliphatic carbocycles. The van der Waals surface area contributed by atoms with Gasteiger partial charge in [-0.2, -0.15) is 0 Å². The van der Waals surface area contributed by atoms with E-state index in [0.29, 0.717) is 19.5 Å². The van der Waals surface area contributed by atoms with E-state index in [9.17, 15) is 13.2 Å². The fourth-order valence-electron chi connectivity index (χ4n) is 1.87. The Morgan fingerprint density at radius 1 is 1.56 bits per heavy atom. The zero-order valence-electron chi connectivity index (χ0n) is 9.85. The molecule has 1 saturated heterocycles. The molecule has 5 nitrogen and oxygen atoms in total. The van der Waals surface area contributed by atoms with Crippen LogP contribution in [0.25, 0.3) is 0 Å². The van der Waals surface area contributed by atoms with Gasteiger partial charge in [0.25, 0.3) is 0 Å². The van der Waals surface area contributed by atoms with E-state index in [-0.39, 0.29) is 29.4 Å². The highest BCUT2D eigenvalue weighted by Gasteiger charge is 2.31. The second-order valence-corrected chi connectivity index (χ2v) is 6.82. The lowest BCUT2D eigenvalue weighted by Crippen LogP contribution is -2.50. The molecule has 0 aromatic heterocycles. The molecule has 1 heterocycles. The van der Waals surface area contributed by atoms with E-state index in [0.717, 1.165) is 0 Å². The van der Waals surface area contributed by atoms with Crippen LogP contribution in [-0.2, 0) is 14.6 Å². The van der Waals surface area contributed by atoms with Gasteiger partial charge in [-0.05, 0) is 19.4 Å². The molecule has 0 spiro atoms. The molecule has 2 atom stereocenters. The fourth-order valence-corrected chi connectivity index (χ4v) is 3.42. The maximum absolute atomic E-state index is 11.9. The summed E-state index contributed by atoms with van der Waals surface area (Å²) in [5.41, 5.74) is 5.46. The van der Waals surface area contributed by atoms with Gasteiger partial charge in [-0.1, -0.05) is 6.92 Å². The molecule has 1 rings (SSSR count). The third-order valence-corrected chi connectivity index (χ3v) is 4.71. The Labute approximate surface area is 96.9 Å². The second-order valence-electron chi connectivity index (χ2n) is 4.60. The quantitative estimate of drug-likeness (QED) is 0.738. The molecule has 16 heavy (non-hydrogen) atoms. The molecule has 2 unspecified atom stereocenters. The summed E-state index contributed by atoms with van der Waals surface area (Å²) in [4.78, 5) is 13.5. The zero-order valence-corrected chi connectivity index (χ0v) is 10.7. The third-order valence-electron chi connectivity index (χ3n) is 2.92. The highest BCUT2D eigenvalue weighted by molar-refractivity contribution is 7.91. The van der Waals surface area contributed by atoms with Crippen molar-refractivity contribution in [2.45, 2.75) is 26.3 Å². The minimum Gasteiger partial charge on any atom is -0.338 e. The van der Waals surface area contributed by atoms with E-state index in [1.165, 1.54) is 0 Å². The SMILES string of the molecule is CC(CN)CC(=O)N1CCS(=O)(=O)CC1C. The van der Waals surface area contributed by atoms with Crippen LogP contribution in [0.5, 0.6) is 0 Å². The van der Waals surface area contributed by atoms with Crippen molar-refractivity contribution in [1.29, 1.82) is 0 Å². The lowest BCUT2D eigenvalue weighted by atomic mass is 10.1. The summed E-state index contributed by atoms with van der Waals surface area (Å²) in [5.74, 6) is 0.328. The molecule has 2 N–H and O–H groups in total. The number of carbonyl (C=O) groups is 1. The van der Waals surface area contributed by atoms with Crippen molar-refractivity contribution in [3.8, 4) is 0 Å². The van der Waals surface area contributed by atoms with Crippen molar-refractivity contribution in [3.63, 3.8) is 0 Å².